The van der Waals surface area contributed by atoms with E-state index in [0.717, 1.165) is 10.7 Å². The highest BCUT2D eigenvalue weighted by molar-refractivity contribution is 7.89. The highest BCUT2D eigenvalue weighted by Crippen LogP contribution is 2.44. The third-order valence-electron chi connectivity index (χ3n) is 5.54. The molecule has 0 aromatic heterocycles. The van der Waals surface area contributed by atoms with Crippen molar-refractivity contribution < 1.29 is 27.1 Å². The number of sulfonamides is 1. The second kappa shape index (κ2) is 9.15. The van der Waals surface area contributed by atoms with Gasteiger partial charge in [0.05, 0.1) is 10.3 Å². The van der Waals surface area contributed by atoms with Crippen molar-refractivity contribution in [1.29, 1.82) is 0 Å². The molecule has 0 unspecified atom stereocenters. The molecule has 2 aromatic carbocycles. The van der Waals surface area contributed by atoms with Gasteiger partial charge in [0.25, 0.3) is 5.91 Å². The van der Waals surface area contributed by atoms with E-state index in [9.17, 15) is 22.4 Å². The second-order valence-corrected chi connectivity index (χ2v) is 9.81. The fourth-order valence-corrected chi connectivity index (χ4v) is 4.64. The standard InChI is InChI=1S/C22H25FN2O5S/c1-25(2)31(28,29)19-7-4-3-6-16(19)14-24-20(26)15-30-21(27)22(12-5-13-22)17-8-10-18(23)11-9-17/h3-4,6-11H,5,12-15H2,1-2H3,(H,24,26). The van der Waals surface area contributed by atoms with Crippen LogP contribution >= 0.6 is 0 Å². The minimum Gasteiger partial charge on any atom is -0.455 e. The minimum absolute atomic E-state index is 0.0251. The third kappa shape index (κ3) is 4.77. The maximum atomic E-state index is 13.2. The Labute approximate surface area is 181 Å². The predicted octanol–water partition coefficient (Wildman–Crippen LogP) is 2.36. The van der Waals surface area contributed by atoms with Gasteiger partial charge in [0.15, 0.2) is 6.61 Å². The van der Waals surface area contributed by atoms with Crippen LogP contribution in [-0.2, 0) is 36.3 Å². The maximum absolute atomic E-state index is 13.2. The number of halogens is 1. The molecule has 0 saturated heterocycles. The molecule has 1 aliphatic rings. The summed E-state index contributed by atoms with van der Waals surface area (Å²) in [5.74, 6) is -1.45. The van der Waals surface area contributed by atoms with Gasteiger partial charge in [-0.05, 0) is 42.2 Å². The number of nitrogens with zero attached hydrogens (tertiary/aromatic N) is 1. The van der Waals surface area contributed by atoms with Crippen LogP contribution in [-0.4, -0.2) is 45.3 Å². The van der Waals surface area contributed by atoms with Crippen molar-refractivity contribution in [3.05, 3.63) is 65.5 Å². The van der Waals surface area contributed by atoms with Crippen molar-refractivity contribution in [2.75, 3.05) is 20.7 Å². The highest BCUT2D eigenvalue weighted by Gasteiger charge is 2.47. The number of esters is 1. The smallest absolute Gasteiger partial charge is 0.317 e. The van der Waals surface area contributed by atoms with Crippen molar-refractivity contribution in [2.24, 2.45) is 0 Å². The quantitative estimate of drug-likeness (QED) is 0.626. The van der Waals surface area contributed by atoms with E-state index >= 15 is 0 Å². The van der Waals surface area contributed by atoms with E-state index in [1.807, 2.05) is 0 Å². The average molecular weight is 449 g/mol. The van der Waals surface area contributed by atoms with Gasteiger partial charge in [0, 0.05) is 20.6 Å². The van der Waals surface area contributed by atoms with Gasteiger partial charge in [-0.15, -0.1) is 0 Å². The first-order valence-corrected chi connectivity index (χ1v) is 11.3. The van der Waals surface area contributed by atoms with Crippen LogP contribution in [0.2, 0.25) is 0 Å². The molecule has 31 heavy (non-hydrogen) atoms. The number of benzene rings is 2. The van der Waals surface area contributed by atoms with Crippen LogP contribution in [0.15, 0.2) is 53.4 Å². The fraction of sp³-hybridized carbons (Fsp3) is 0.364. The van der Waals surface area contributed by atoms with Crippen molar-refractivity contribution in [2.45, 2.75) is 36.1 Å². The number of amides is 1. The molecule has 0 spiro atoms. The van der Waals surface area contributed by atoms with E-state index < -0.39 is 33.9 Å². The van der Waals surface area contributed by atoms with E-state index in [2.05, 4.69) is 5.32 Å². The van der Waals surface area contributed by atoms with Crippen LogP contribution in [0.1, 0.15) is 30.4 Å². The Morgan fingerprint density at radius 1 is 1.10 bits per heavy atom. The Balaban J connectivity index is 1.60. The Hall–Kier alpha value is -2.78. The zero-order valence-electron chi connectivity index (χ0n) is 17.4. The lowest BCUT2D eigenvalue weighted by Crippen LogP contribution is -2.44. The number of rotatable bonds is 8. The Bertz CT molecular complexity index is 1060. The molecular formula is C22H25FN2O5S. The molecule has 0 bridgehead atoms. The lowest BCUT2D eigenvalue weighted by atomic mass is 9.64. The molecule has 1 amide bonds. The summed E-state index contributed by atoms with van der Waals surface area (Å²) in [5.41, 5.74) is 0.256. The monoisotopic (exact) mass is 448 g/mol. The molecule has 0 heterocycles. The van der Waals surface area contributed by atoms with Crippen LogP contribution in [0.4, 0.5) is 4.39 Å². The van der Waals surface area contributed by atoms with Gasteiger partial charge >= 0.3 is 5.97 Å². The summed E-state index contributed by atoms with van der Waals surface area (Å²) in [6.45, 7) is -0.507. The molecule has 166 valence electrons. The topological polar surface area (TPSA) is 92.8 Å². The molecule has 0 radical (unpaired) electrons. The van der Waals surface area contributed by atoms with Crippen molar-refractivity contribution in [1.82, 2.24) is 9.62 Å². The Kier molecular flexibility index (Phi) is 6.76. The Morgan fingerprint density at radius 3 is 2.32 bits per heavy atom. The van der Waals surface area contributed by atoms with E-state index in [0.29, 0.717) is 24.0 Å². The molecule has 1 saturated carbocycles. The highest BCUT2D eigenvalue weighted by atomic mass is 32.2. The summed E-state index contributed by atoms with van der Waals surface area (Å²) in [6.07, 6.45) is 2.00. The summed E-state index contributed by atoms with van der Waals surface area (Å²) < 4.78 is 44.4. The number of hydrogen-bond acceptors (Lipinski definition) is 5. The molecule has 2 aromatic rings. The van der Waals surface area contributed by atoms with Crippen LogP contribution in [0.5, 0.6) is 0 Å². The van der Waals surface area contributed by atoms with Gasteiger partial charge in [-0.1, -0.05) is 36.8 Å². The SMILES string of the molecule is CN(C)S(=O)(=O)c1ccccc1CNC(=O)COC(=O)C1(c2ccc(F)cc2)CCC1. The molecule has 0 aliphatic heterocycles. The maximum Gasteiger partial charge on any atom is 0.317 e. The zero-order chi connectivity index (χ0) is 22.6. The lowest BCUT2D eigenvalue weighted by molar-refractivity contribution is -0.157. The van der Waals surface area contributed by atoms with Gasteiger partial charge in [-0.3, -0.25) is 9.59 Å². The van der Waals surface area contributed by atoms with Crippen LogP contribution in [0, 0.1) is 5.82 Å². The molecule has 7 nitrogen and oxygen atoms in total. The minimum atomic E-state index is -3.66. The predicted molar refractivity (Wildman–Crippen MR) is 112 cm³/mol. The summed E-state index contributed by atoms with van der Waals surface area (Å²) in [4.78, 5) is 25.0. The van der Waals surface area contributed by atoms with Crippen LogP contribution in [0.3, 0.4) is 0 Å². The molecular weight excluding hydrogens is 423 g/mol. The molecule has 1 aliphatic carbocycles. The van der Waals surface area contributed by atoms with Gasteiger partial charge in [0.1, 0.15) is 5.82 Å². The lowest BCUT2D eigenvalue weighted by Gasteiger charge is -2.39. The van der Waals surface area contributed by atoms with Crippen LogP contribution < -0.4 is 5.32 Å². The van der Waals surface area contributed by atoms with Crippen molar-refractivity contribution >= 4 is 21.9 Å². The van der Waals surface area contributed by atoms with E-state index in [1.54, 1.807) is 30.3 Å². The summed E-state index contributed by atoms with van der Waals surface area (Å²) in [6, 6.07) is 12.1. The number of carbonyl (C=O) groups is 2. The molecule has 1 fully saturated rings. The first-order valence-electron chi connectivity index (χ1n) is 9.87. The first-order chi connectivity index (χ1) is 14.7. The summed E-state index contributed by atoms with van der Waals surface area (Å²) in [7, 11) is -0.796. The van der Waals surface area contributed by atoms with E-state index in [-0.39, 0.29) is 17.3 Å². The van der Waals surface area contributed by atoms with E-state index in [4.69, 9.17) is 4.74 Å². The van der Waals surface area contributed by atoms with Gasteiger partial charge < -0.3 is 10.1 Å². The zero-order valence-corrected chi connectivity index (χ0v) is 18.2. The summed E-state index contributed by atoms with van der Waals surface area (Å²) >= 11 is 0. The number of carbonyl (C=O) groups excluding carboxylic acids is 2. The van der Waals surface area contributed by atoms with Crippen molar-refractivity contribution in [3.63, 3.8) is 0 Å². The molecule has 3 rings (SSSR count). The number of ether oxygens (including phenoxy) is 1. The fourth-order valence-electron chi connectivity index (χ4n) is 3.52. The summed E-state index contributed by atoms with van der Waals surface area (Å²) in [5, 5.41) is 2.59. The van der Waals surface area contributed by atoms with Gasteiger partial charge in [-0.25, -0.2) is 17.1 Å². The first kappa shape index (κ1) is 22.9. The van der Waals surface area contributed by atoms with Gasteiger partial charge in [0.2, 0.25) is 10.0 Å². The van der Waals surface area contributed by atoms with Crippen molar-refractivity contribution in [3.8, 4) is 0 Å². The molecule has 0 atom stereocenters. The normalized spacial score (nSPS) is 15.2. The number of nitrogens with one attached hydrogen (secondary N) is 1. The van der Waals surface area contributed by atoms with Crippen LogP contribution in [0.25, 0.3) is 0 Å². The second-order valence-electron chi connectivity index (χ2n) is 7.69. The molecule has 1 N–H and O–H groups in total. The van der Waals surface area contributed by atoms with E-state index in [1.165, 1.54) is 32.3 Å². The largest absolute Gasteiger partial charge is 0.455 e. The average Bonchev–Trinajstić information content (AvgIpc) is 2.71. The third-order valence-corrected chi connectivity index (χ3v) is 7.45. The molecule has 9 heteroatoms. The Morgan fingerprint density at radius 2 is 1.74 bits per heavy atom. The van der Waals surface area contributed by atoms with Gasteiger partial charge in [-0.2, -0.15) is 0 Å². The number of hydrogen-bond donors (Lipinski definition) is 1.